The van der Waals surface area contributed by atoms with Gasteiger partial charge >= 0.3 is 0 Å². The van der Waals surface area contributed by atoms with E-state index >= 15 is 0 Å². The van der Waals surface area contributed by atoms with Crippen LogP contribution in [0.25, 0.3) is 0 Å². The van der Waals surface area contributed by atoms with Gasteiger partial charge in [-0.2, -0.15) is 0 Å². The summed E-state index contributed by atoms with van der Waals surface area (Å²) < 4.78 is 4.45. The van der Waals surface area contributed by atoms with Crippen LogP contribution in [0.3, 0.4) is 0 Å². The van der Waals surface area contributed by atoms with Crippen LogP contribution >= 0.6 is 0 Å². The Morgan fingerprint density at radius 2 is 2.33 bits per heavy atom. The normalized spacial score (nSPS) is 8.33. The highest BCUT2D eigenvalue weighted by Crippen LogP contribution is 1.83. The third-order valence-electron chi connectivity index (χ3n) is 0.348. The molecule has 0 saturated heterocycles. The van der Waals surface area contributed by atoms with E-state index in [4.69, 9.17) is 0 Å². The Morgan fingerprint density at radius 1 is 1.83 bits per heavy atom. The van der Waals surface area contributed by atoms with Crippen molar-refractivity contribution in [2.45, 2.75) is 6.92 Å². The molecule has 1 nitrogen and oxygen atoms in total. The van der Waals surface area contributed by atoms with Crippen LogP contribution in [0, 0.1) is 7.11 Å². The molecule has 0 bridgehead atoms. The van der Waals surface area contributed by atoms with Gasteiger partial charge in [-0.25, -0.2) is 0 Å². The fourth-order valence-corrected chi connectivity index (χ4v) is 0.174. The van der Waals surface area contributed by atoms with Crippen molar-refractivity contribution in [2.24, 2.45) is 0 Å². The molecule has 0 aliphatic rings. The first-order chi connectivity index (χ1) is 2.77. The van der Waals surface area contributed by atoms with E-state index in [-0.39, 0.29) is 0 Å². The molecule has 0 spiro atoms. The molecule has 6 heavy (non-hydrogen) atoms. The molecule has 1 radical (unpaired) electrons. The predicted molar refractivity (Wildman–Crippen MR) is 26.1 cm³/mol. The van der Waals surface area contributed by atoms with Gasteiger partial charge in [0, 0.05) is 0 Å². The molecule has 0 rings (SSSR count). The first-order valence-corrected chi connectivity index (χ1v) is 1.78. The van der Waals surface area contributed by atoms with Gasteiger partial charge in [0.15, 0.2) is 0 Å². The van der Waals surface area contributed by atoms with E-state index in [9.17, 15) is 0 Å². The lowest BCUT2D eigenvalue weighted by atomic mass is 10.4. The van der Waals surface area contributed by atoms with E-state index in [1.165, 1.54) is 0 Å². The van der Waals surface area contributed by atoms with Gasteiger partial charge in [0.25, 0.3) is 0 Å². The fraction of sp³-hybridized carbons (Fsp3) is 0.400. The quantitative estimate of drug-likeness (QED) is 0.460. The lowest BCUT2D eigenvalue weighted by molar-refractivity contribution is 0.273. The van der Waals surface area contributed by atoms with Crippen LogP contribution < -0.4 is 0 Å². The average molecular weight is 85.1 g/mol. The van der Waals surface area contributed by atoms with Crippen molar-refractivity contribution >= 4 is 0 Å². The highest BCUT2D eigenvalue weighted by Gasteiger charge is 1.75. The van der Waals surface area contributed by atoms with Gasteiger partial charge in [0.2, 0.25) is 0 Å². The summed E-state index contributed by atoms with van der Waals surface area (Å²) in [5, 5.41) is 0. The Hall–Kier alpha value is -0.300. The van der Waals surface area contributed by atoms with Crippen LogP contribution in [-0.2, 0) is 4.74 Å². The van der Waals surface area contributed by atoms with Crippen molar-refractivity contribution in [3.63, 3.8) is 0 Å². The second kappa shape index (κ2) is 2.91. The molecule has 0 aromatic carbocycles. The van der Waals surface area contributed by atoms with E-state index < -0.39 is 0 Å². The zero-order valence-corrected chi connectivity index (χ0v) is 4.03. The first kappa shape index (κ1) is 5.70. The van der Waals surface area contributed by atoms with Gasteiger partial charge in [-0.05, 0) is 6.92 Å². The molecule has 0 heterocycles. The minimum atomic E-state index is 0.569. The minimum absolute atomic E-state index is 0.569. The summed E-state index contributed by atoms with van der Waals surface area (Å²) in [7, 11) is 3.16. The van der Waals surface area contributed by atoms with Gasteiger partial charge in [-0.1, -0.05) is 12.2 Å². The molecule has 0 amide bonds. The molecule has 0 N–H and O–H groups in total. The Morgan fingerprint density at radius 3 is 2.33 bits per heavy atom. The van der Waals surface area contributed by atoms with Gasteiger partial charge in [0.05, 0.1) is 13.7 Å². The van der Waals surface area contributed by atoms with E-state index in [1.54, 1.807) is 0 Å². The van der Waals surface area contributed by atoms with E-state index in [1.807, 2.05) is 6.92 Å². The Bertz CT molecular complexity index is 47.9. The number of hydrogen-bond acceptors (Lipinski definition) is 1. The number of rotatable bonds is 2. The lowest BCUT2D eigenvalue weighted by Crippen LogP contribution is -1.83. The average Bonchev–Trinajstić information content (AvgIpc) is 1.35. The van der Waals surface area contributed by atoms with Gasteiger partial charge in [0.1, 0.15) is 0 Å². The van der Waals surface area contributed by atoms with Gasteiger partial charge < -0.3 is 4.74 Å². The molecular formula is C5H9O. The van der Waals surface area contributed by atoms with Crippen molar-refractivity contribution in [2.75, 3.05) is 6.61 Å². The summed E-state index contributed by atoms with van der Waals surface area (Å²) in [5.74, 6) is 0. The van der Waals surface area contributed by atoms with Crippen molar-refractivity contribution in [1.29, 1.82) is 0 Å². The van der Waals surface area contributed by atoms with E-state index in [0.29, 0.717) is 6.61 Å². The zero-order chi connectivity index (χ0) is 4.99. The van der Waals surface area contributed by atoms with Gasteiger partial charge in [-0.15, -0.1) is 0 Å². The highest BCUT2D eigenvalue weighted by molar-refractivity contribution is 4.87. The molecule has 0 saturated carbocycles. The summed E-state index contributed by atoms with van der Waals surface area (Å²) in [4.78, 5) is 0. The Balaban J connectivity index is 2.83. The zero-order valence-electron chi connectivity index (χ0n) is 4.03. The standard InChI is InChI=1S/C5H9O/c1-5(2)4-6-3/h1,3-4H2,2H3. The minimum Gasteiger partial charge on any atom is -0.375 e. The molecule has 0 aliphatic heterocycles. The summed E-state index contributed by atoms with van der Waals surface area (Å²) in [6, 6.07) is 0. The fourth-order valence-electron chi connectivity index (χ4n) is 0.174. The maximum Gasteiger partial charge on any atom is 0.0705 e. The third-order valence-corrected chi connectivity index (χ3v) is 0.348. The van der Waals surface area contributed by atoms with Crippen molar-refractivity contribution < 1.29 is 4.74 Å². The molecular weight excluding hydrogens is 76.1 g/mol. The SMILES string of the molecule is [CH2]OCC(=C)C. The molecule has 0 fully saturated rings. The van der Waals surface area contributed by atoms with Crippen molar-refractivity contribution in [3.8, 4) is 0 Å². The molecule has 0 aliphatic carbocycles. The topological polar surface area (TPSA) is 9.23 Å². The van der Waals surface area contributed by atoms with Crippen LogP contribution in [0.2, 0.25) is 0 Å². The largest absolute Gasteiger partial charge is 0.375 e. The highest BCUT2D eigenvalue weighted by atomic mass is 16.5. The Labute approximate surface area is 38.6 Å². The summed E-state index contributed by atoms with van der Waals surface area (Å²) in [5.41, 5.74) is 1.00. The number of hydrogen-bond donors (Lipinski definition) is 0. The van der Waals surface area contributed by atoms with Crippen LogP contribution in [0.5, 0.6) is 0 Å². The molecule has 35 valence electrons. The maximum atomic E-state index is 4.45. The molecule has 0 aromatic rings. The maximum absolute atomic E-state index is 4.45. The molecule has 0 atom stereocenters. The smallest absolute Gasteiger partial charge is 0.0705 e. The number of ether oxygens (including phenoxy) is 1. The third kappa shape index (κ3) is 3.70. The monoisotopic (exact) mass is 85.1 g/mol. The van der Waals surface area contributed by atoms with E-state index in [0.717, 1.165) is 5.57 Å². The molecule has 0 unspecified atom stereocenters. The van der Waals surface area contributed by atoms with Crippen molar-refractivity contribution in [1.82, 2.24) is 0 Å². The van der Waals surface area contributed by atoms with E-state index in [2.05, 4.69) is 18.4 Å². The molecule has 0 aromatic heterocycles. The van der Waals surface area contributed by atoms with Crippen LogP contribution in [0.1, 0.15) is 6.92 Å². The molecule has 1 heteroatoms. The lowest BCUT2D eigenvalue weighted by Gasteiger charge is -1.90. The summed E-state index contributed by atoms with van der Waals surface area (Å²) >= 11 is 0. The first-order valence-electron chi connectivity index (χ1n) is 1.78. The van der Waals surface area contributed by atoms with Crippen molar-refractivity contribution in [3.05, 3.63) is 19.3 Å². The Kier molecular flexibility index (Phi) is 2.77. The second-order valence-electron chi connectivity index (χ2n) is 1.31. The van der Waals surface area contributed by atoms with Crippen LogP contribution in [0.15, 0.2) is 12.2 Å². The second-order valence-corrected chi connectivity index (χ2v) is 1.31. The van der Waals surface area contributed by atoms with Gasteiger partial charge in [-0.3, -0.25) is 0 Å². The van der Waals surface area contributed by atoms with Crippen LogP contribution in [-0.4, -0.2) is 6.61 Å². The summed E-state index contributed by atoms with van der Waals surface area (Å²) in [6.07, 6.45) is 0. The summed E-state index contributed by atoms with van der Waals surface area (Å²) in [6.45, 7) is 6.04. The van der Waals surface area contributed by atoms with Crippen LogP contribution in [0.4, 0.5) is 0 Å². The predicted octanol–water partition coefficient (Wildman–Crippen LogP) is 1.37.